The zero-order valence-corrected chi connectivity index (χ0v) is 24.1. The first kappa shape index (κ1) is 29.7. The van der Waals surface area contributed by atoms with Gasteiger partial charge in [-0.3, -0.25) is 9.79 Å². The molecule has 1 heterocycles. The molecule has 1 amide bonds. The molecule has 8 heteroatoms. The highest BCUT2D eigenvalue weighted by Gasteiger charge is 2.25. The summed E-state index contributed by atoms with van der Waals surface area (Å²) in [7, 11) is 0. The number of aryl methyl sites for hydroxylation is 1. The Hall–Kier alpha value is -3.26. The average molecular weight is 547 g/mol. The maximum Gasteiger partial charge on any atom is 0.227 e. The van der Waals surface area contributed by atoms with E-state index in [0.717, 1.165) is 55.2 Å². The molecule has 0 saturated heterocycles. The van der Waals surface area contributed by atoms with Gasteiger partial charge in [0.2, 0.25) is 11.9 Å². The summed E-state index contributed by atoms with van der Waals surface area (Å²) in [6.07, 6.45) is 15.6. The van der Waals surface area contributed by atoms with Crippen molar-refractivity contribution in [2.24, 2.45) is 28.5 Å². The Kier molecular flexibility index (Phi) is 11.1. The number of aromatic nitrogens is 2. The fraction of sp³-hybridized carbons (Fsp3) is 0.562. The highest BCUT2D eigenvalue weighted by molar-refractivity contribution is 5.82. The quantitative estimate of drug-likeness (QED) is 0.216. The van der Waals surface area contributed by atoms with E-state index in [2.05, 4.69) is 57.6 Å². The van der Waals surface area contributed by atoms with Gasteiger partial charge in [-0.25, -0.2) is 9.97 Å². The predicted octanol–water partition coefficient (Wildman–Crippen LogP) is 5.55. The van der Waals surface area contributed by atoms with Crippen LogP contribution in [0.3, 0.4) is 0 Å². The molecule has 1 saturated carbocycles. The number of hydrogen-bond acceptors (Lipinski definition) is 7. The molecule has 1 aromatic heterocycles. The molecule has 1 atom stereocenters. The summed E-state index contributed by atoms with van der Waals surface area (Å²) in [6.45, 7) is 4.95. The van der Waals surface area contributed by atoms with Crippen molar-refractivity contribution in [3.8, 4) is 11.3 Å². The largest absolute Gasteiger partial charge is 0.403 e. The lowest BCUT2D eigenvalue weighted by Crippen LogP contribution is -2.29. The van der Waals surface area contributed by atoms with Crippen LogP contribution in [0.1, 0.15) is 88.8 Å². The van der Waals surface area contributed by atoms with Crippen LogP contribution in [0.25, 0.3) is 11.3 Å². The third kappa shape index (κ3) is 8.37. The Morgan fingerprint density at radius 1 is 1.18 bits per heavy atom. The Morgan fingerprint density at radius 3 is 2.75 bits per heavy atom. The Morgan fingerprint density at radius 2 is 2.00 bits per heavy atom. The van der Waals surface area contributed by atoms with Crippen molar-refractivity contribution < 1.29 is 9.90 Å². The topological polar surface area (TPSA) is 126 Å². The number of rotatable bonds is 11. The number of benzene rings is 1. The van der Waals surface area contributed by atoms with Gasteiger partial charge < -0.3 is 21.5 Å². The number of nitrogens with one attached hydrogen (secondary N) is 2. The van der Waals surface area contributed by atoms with E-state index in [1.807, 2.05) is 6.07 Å². The number of aliphatic hydroxyl groups is 1. The van der Waals surface area contributed by atoms with E-state index >= 15 is 0 Å². The summed E-state index contributed by atoms with van der Waals surface area (Å²) >= 11 is 0. The normalized spacial score (nSPS) is 21.7. The highest BCUT2D eigenvalue weighted by Crippen LogP contribution is 2.36. The maximum absolute atomic E-state index is 13.0. The highest BCUT2D eigenvalue weighted by atomic mass is 16.3. The molecular weight excluding hydrogens is 500 g/mol. The van der Waals surface area contributed by atoms with Crippen LogP contribution in [0, 0.1) is 17.8 Å². The number of carbonyl (C=O) groups excluding carboxylic acids is 1. The molecule has 5 N–H and O–H groups in total. The molecule has 1 fully saturated rings. The van der Waals surface area contributed by atoms with Crippen LogP contribution in [-0.4, -0.2) is 40.3 Å². The van der Waals surface area contributed by atoms with E-state index in [9.17, 15) is 4.79 Å². The van der Waals surface area contributed by atoms with Crippen LogP contribution in [0.4, 0.5) is 5.95 Å². The van der Waals surface area contributed by atoms with Gasteiger partial charge in [0.15, 0.2) is 0 Å². The number of allylic oxidation sites excluding steroid dienone is 1. The molecule has 2 aromatic rings. The van der Waals surface area contributed by atoms with Gasteiger partial charge in [0.25, 0.3) is 0 Å². The summed E-state index contributed by atoms with van der Waals surface area (Å²) in [6, 6.07) is 8.42. The van der Waals surface area contributed by atoms with Gasteiger partial charge in [0, 0.05) is 30.6 Å². The maximum atomic E-state index is 13.0. The molecule has 40 heavy (non-hydrogen) atoms. The van der Waals surface area contributed by atoms with Crippen LogP contribution < -0.4 is 16.4 Å². The van der Waals surface area contributed by atoms with Gasteiger partial charge in [0.1, 0.15) is 0 Å². The second kappa shape index (κ2) is 14.9. The van der Waals surface area contributed by atoms with Crippen molar-refractivity contribution in [2.75, 3.05) is 18.5 Å². The lowest BCUT2D eigenvalue weighted by molar-refractivity contribution is -0.122. The van der Waals surface area contributed by atoms with E-state index in [0.29, 0.717) is 30.5 Å². The molecule has 216 valence electrons. The number of fused-ring (bicyclic) bond motifs is 1. The molecule has 4 rings (SSSR count). The first-order chi connectivity index (χ1) is 19.5. The second-order valence-corrected chi connectivity index (χ2v) is 11.6. The number of aliphatic imine (C=N–C) groups is 1. The lowest BCUT2D eigenvalue weighted by atomic mass is 9.75. The molecule has 1 aromatic carbocycles. The van der Waals surface area contributed by atoms with Crippen molar-refractivity contribution in [1.82, 2.24) is 15.3 Å². The SMILES string of the molecule is CC(C)C1CCC(CCC(=O)NC2CCCCc3cc(-c4ccnc(NC(C=NCCO)=CN)n4)ccc32)CC1. The van der Waals surface area contributed by atoms with Gasteiger partial charge in [-0.05, 0) is 79.5 Å². The van der Waals surface area contributed by atoms with Gasteiger partial charge in [-0.1, -0.05) is 45.2 Å². The number of amides is 1. The number of anilines is 1. The minimum atomic E-state index is -0.0252. The number of carbonyl (C=O) groups is 1. The van der Waals surface area contributed by atoms with Crippen molar-refractivity contribution in [3.63, 3.8) is 0 Å². The summed E-state index contributed by atoms with van der Waals surface area (Å²) < 4.78 is 0. The number of nitrogens with zero attached hydrogens (tertiary/aromatic N) is 3. The van der Waals surface area contributed by atoms with Crippen molar-refractivity contribution in [2.45, 2.75) is 84.1 Å². The monoisotopic (exact) mass is 546 g/mol. The van der Waals surface area contributed by atoms with Crippen LogP contribution in [0.5, 0.6) is 0 Å². The fourth-order valence-corrected chi connectivity index (χ4v) is 6.08. The number of nitrogens with two attached hydrogens (primary N) is 1. The van der Waals surface area contributed by atoms with Crippen molar-refractivity contribution in [3.05, 3.63) is 53.5 Å². The summed E-state index contributed by atoms with van der Waals surface area (Å²) in [5, 5.41) is 15.4. The van der Waals surface area contributed by atoms with Gasteiger partial charge in [-0.15, -0.1) is 0 Å². The van der Waals surface area contributed by atoms with Gasteiger partial charge in [-0.2, -0.15) is 0 Å². The number of aliphatic hydroxyl groups excluding tert-OH is 1. The minimum absolute atomic E-state index is 0.0252. The molecule has 0 bridgehead atoms. The van der Waals surface area contributed by atoms with Crippen LogP contribution in [-0.2, 0) is 11.2 Å². The number of hydrogen-bond donors (Lipinski definition) is 4. The van der Waals surface area contributed by atoms with E-state index in [1.165, 1.54) is 43.0 Å². The third-order valence-electron chi connectivity index (χ3n) is 8.50. The predicted molar refractivity (Wildman–Crippen MR) is 162 cm³/mol. The summed E-state index contributed by atoms with van der Waals surface area (Å²) in [5.74, 6) is 2.94. The van der Waals surface area contributed by atoms with E-state index in [1.54, 1.807) is 12.4 Å². The minimum Gasteiger partial charge on any atom is -0.403 e. The zero-order chi connectivity index (χ0) is 28.3. The van der Waals surface area contributed by atoms with Crippen LogP contribution in [0.15, 0.2) is 47.4 Å². The molecule has 0 spiro atoms. The molecule has 2 aliphatic carbocycles. The van der Waals surface area contributed by atoms with Crippen molar-refractivity contribution in [1.29, 1.82) is 0 Å². The third-order valence-corrected chi connectivity index (χ3v) is 8.50. The Balaban J connectivity index is 1.39. The molecule has 0 radical (unpaired) electrons. The van der Waals surface area contributed by atoms with E-state index in [4.69, 9.17) is 10.8 Å². The molecule has 0 aliphatic heterocycles. The van der Waals surface area contributed by atoms with Crippen LogP contribution >= 0.6 is 0 Å². The summed E-state index contributed by atoms with van der Waals surface area (Å²) in [4.78, 5) is 26.1. The standard InChI is InChI=1S/C32H46N6O2/c1-22(2)24-10-7-23(8-11-24)9-14-31(40)37-30-6-4-3-5-25-19-26(12-13-28(25)30)29-15-16-35-32(38-29)36-27(20-33)21-34-17-18-39/h12-13,15-16,19-24,30,39H,3-11,14,17-18,33H2,1-2H3,(H,37,40)(H,35,36,38). The summed E-state index contributed by atoms with van der Waals surface area (Å²) in [5.41, 5.74) is 10.6. The first-order valence-electron chi connectivity index (χ1n) is 15.0. The average Bonchev–Trinajstić information content (AvgIpc) is 3.17. The smallest absolute Gasteiger partial charge is 0.227 e. The van der Waals surface area contributed by atoms with Crippen molar-refractivity contribution >= 4 is 18.1 Å². The second-order valence-electron chi connectivity index (χ2n) is 11.6. The molecule has 1 unspecified atom stereocenters. The fourth-order valence-electron chi connectivity index (χ4n) is 6.08. The van der Waals surface area contributed by atoms with Gasteiger partial charge in [0.05, 0.1) is 30.6 Å². The lowest BCUT2D eigenvalue weighted by Gasteiger charge is -2.31. The molecular formula is C32H46N6O2. The Bertz CT molecular complexity index is 1170. The Labute approximate surface area is 239 Å². The van der Waals surface area contributed by atoms with E-state index < -0.39 is 0 Å². The van der Waals surface area contributed by atoms with E-state index in [-0.39, 0.29) is 18.6 Å². The first-order valence-corrected chi connectivity index (χ1v) is 15.0. The van der Waals surface area contributed by atoms with Gasteiger partial charge >= 0.3 is 0 Å². The molecule has 2 aliphatic rings. The zero-order valence-electron chi connectivity index (χ0n) is 24.1. The molecule has 8 nitrogen and oxygen atoms in total. The van der Waals surface area contributed by atoms with Crippen LogP contribution in [0.2, 0.25) is 0 Å².